The van der Waals surface area contributed by atoms with Gasteiger partial charge in [0.15, 0.2) is 0 Å². The van der Waals surface area contributed by atoms with E-state index in [0.29, 0.717) is 5.56 Å². The van der Waals surface area contributed by atoms with E-state index in [0.717, 1.165) is 32.0 Å². The molecule has 0 aliphatic carbocycles. The zero-order valence-corrected chi connectivity index (χ0v) is 11.8. The summed E-state index contributed by atoms with van der Waals surface area (Å²) in [6, 6.07) is 3.84. The second-order valence-electron chi connectivity index (χ2n) is 5.69. The molecule has 19 heavy (non-hydrogen) atoms. The highest BCUT2D eigenvalue weighted by Gasteiger charge is 2.31. The highest BCUT2D eigenvalue weighted by atomic mass is 19.1. The molecule has 0 aromatic heterocycles. The molecule has 1 atom stereocenters. The second-order valence-corrected chi connectivity index (χ2v) is 5.69. The van der Waals surface area contributed by atoms with Crippen LogP contribution < -0.4 is 5.32 Å². The maximum absolute atomic E-state index is 13.8. The van der Waals surface area contributed by atoms with Crippen molar-refractivity contribution in [3.05, 3.63) is 35.4 Å². The highest BCUT2D eigenvalue weighted by Crippen LogP contribution is 2.29. The van der Waals surface area contributed by atoms with E-state index in [4.69, 9.17) is 0 Å². The average Bonchev–Trinajstić information content (AvgIpc) is 2.39. The van der Waals surface area contributed by atoms with Crippen molar-refractivity contribution in [2.24, 2.45) is 0 Å². The molecule has 1 aromatic carbocycles. The highest BCUT2D eigenvalue weighted by molar-refractivity contribution is 5.22. The lowest BCUT2D eigenvalue weighted by Gasteiger charge is -2.42. The molecule has 1 aromatic rings. The zero-order chi connectivity index (χ0) is 14.0. The van der Waals surface area contributed by atoms with E-state index in [2.05, 4.69) is 17.1 Å². The van der Waals surface area contributed by atoms with E-state index in [1.165, 1.54) is 6.07 Å². The fraction of sp³-hybridized carbons (Fsp3) is 0.600. The number of piperidine rings is 1. The lowest BCUT2D eigenvalue weighted by atomic mass is 9.88. The molecule has 1 N–H and O–H groups in total. The Morgan fingerprint density at radius 2 is 1.89 bits per heavy atom. The first-order valence-corrected chi connectivity index (χ1v) is 6.83. The molecule has 1 unspecified atom stereocenters. The third kappa shape index (κ3) is 3.12. The van der Waals surface area contributed by atoms with Crippen LogP contribution >= 0.6 is 0 Å². The number of rotatable bonds is 3. The average molecular weight is 268 g/mol. The Kier molecular flexibility index (Phi) is 4.21. The molecular formula is C15H22F2N2. The first kappa shape index (κ1) is 14.4. The Hall–Kier alpha value is -1.00. The maximum atomic E-state index is 13.8. The summed E-state index contributed by atoms with van der Waals surface area (Å²) in [6.45, 7) is 6.05. The molecule has 1 heterocycles. The van der Waals surface area contributed by atoms with Crippen molar-refractivity contribution in [2.75, 3.05) is 20.1 Å². The van der Waals surface area contributed by atoms with Gasteiger partial charge in [0.05, 0.1) is 0 Å². The van der Waals surface area contributed by atoms with Gasteiger partial charge in [-0.1, -0.05) is 6.07 Å². The molecule has 1 aliphatic rings. The molecule has 2 nitrogen and oxygen atoms in total. The first-order chi connectivity index (χ1) is 8.95. The SMILES string of the molecule is CNC1(C)CCN(C(C)c2ccc(F)cc2F)CC1. The number of benzene rings is 1. The second kappa shape index (κ2) is 5.55. The number of hydrogen-bond acceptors (Lipinski definition) is 2. The summed E-state index contributed by atoms with van der Waals surface area (Å²) in [7, 11) is 1.98. The van der Waals surface area contributed by atoms with Gasteiger partial charge in [0, 0.05) is 36.3 Å². The quantitative estimate of drug-likeness (QED) is 0.906. The van der Waals surface area contributed by atoms with Crippen LogP contribution in [0.2, 0.25) is 0 Å². The lowest BCUT2D eigenvalue weighted by molar-refractivity contribution is 0.116. The van der Waals surface area contributed by atoms with Gasteiger partial charge in [-0.3, -0.25) is 4.90 Å². The van der Waals surface area contributed by atoms with Crippen molar-refractivity contribution in [1.82, 2.24) is 10.2 Å². The minimum absolute atomic E-state index is 0.0120. The Morgan fingerprint density at radius 1 is 1.26 bits per heavy atom. The molecule has 106 valence electrons. The molecule has 0 spiro atoms. The summed E-state index contributed by atoms with van der Waals surface area (Å²) >= 11 is 0. The van der Waals surface area contributed by atoms with Gasteiger partial charge in [0.1, 0.15) is 11.6 Å². The largest absolute Gasteiger partial charge is 0.314 e. The van der Waals surface area contributed by atoms with Gasteiger partial charge in [-0.25, -0.2) is 8.78 Å². The van der Waals surface area contributed by atoms with Crippen LogP contribution in [0.3, 0.4) is 0 Å². The van der Waals surface area contributed by atoms with Crippen LogP contribution in [0, 0.1) is 11.6 Å². The summed E-state index contributed by atoms with van der Waals surface area (Å²) in [6.07, 6.45) is 2.08. The zero-order valence-electron chi connectivity index (χ0n) is 11.8. The number of hydrogen-bond donors (Lipinski definition) is 1. The molecular weight excluding hydrogens is 246 g/mol. The molecule has 1 saturated heterocycles. The van der Waals surface area contributed by atoms with Gasteiger partial charge in [-0.15, -0.1) is 0 Å². The van der Waals surface area contributed by atoms with Gasteiger partial charge in [0.25, 0.3) is 0 Å². The van der Waals surface area contributed by atoms with Crippen LogP contribution in [0.25, 0.3) is 0 Å². The van der Waals surface area contributed by atoms with Crippen LogP contribution in [-0.4, -0.2) is 30.6 Å². The summed E-state index contributed by atoms with van der Waals surface area (Å²) in [4.78, 5) is 2.26. The molecule has 0 amide bonds. The number of nitrogens with zero attached hydrogens (tertiary/aromatic N) is 1. The van der Waals surface area contributed by atoms with Gasteiger partial charge < -0.3 is 5.32 Å². The van der Waals surface area contributed by atoms with Crippen LogP contribution in [0.1, 0.15) is 38.3 Å². The summed E-state index contributed by atoms with van der Waals surface area (Å²) in [5.74, 6) is -0.968. The van der Waals surface area contributed by atoms with E-state index in [9.17, 15) is 8.78 Å². The topological polar surface area (TPSA) is 15.3 Å². The number of halogens is 2. The normalized spacial score (nSPS) is 21.3. The lowest BCUT2D eigenvalue weighted by Crippen LogP contribution is -2.50. The minimum Gasteiger partial charge on any atom is -0.314 e. The van der Waals surface area contributed by atoms with E-state index >= 15 is 0 Å². The van der Waals surface area contributed by atoms with E-state index < -0.39 is 11.6 Å². The standard InChI is InChI=1S/C15H22F2N2/c1-11(13-5-4-12(16)10-14(13)17)19-8-6-15(2,18-3)7-9-19/h4-5,10-11,18H,6-9H2,1-3H3. The van der Waals surface area contributed by atoms with Gasteiger partial charge in [0.2, 0.25) is 0 Å². The maximum Gasteiger partial charge on any atom is 0.130 e. The monoisotopic (exact) mass is 268 g/mol. The van der Waals surface area contributed by atoms with Crippen LogP contribution in [0.5, 0.6) is 0 Å². The number of nitrogens with one attached hydrogen (secondary N) is 1. The molecule has 1 fully saturated rings. The fourth-order valence-electron chi connectivity index (χ4n) is 2.69. The Morgan fingerprint density at radius 3 is 2.42 bits per heavy atom. The predicted octanol–water partition coefficient (Wildman–Crippen LogP) is 3.10. The van der Waals surface area contributed by atoms with Gasteiger partial charge in [-0.05, 0) is 39.8 Å². The Balaban J connectivity index is 2.07. The van der Waals surface area contributed by atoms with Crippen LogP contribution in [0.4, 0.5) is 8.78 Å². The van der Waals surface area contributed by atoms with Crippen LogP contribution in [-0.2, 0) is 0 Å². The molecule has 4 heteroatoms. The molecule has 1 aliphatic heterocycles. The summed E-state index contributed by atoms with van der Waals surface area (Å²) < 4.78 is 26.7. The van der Waals surface area contributed by atoms with E-state index in [1.54, 1.807) is 6.07 Å². The number of likely N-dealkylation sites (tertiary alicyclic amines) is 1. The van der Waals surface area contributed by atoms with E-state index in [1.807, 2.05) is 14.0 Å². The molecule has 0 radical (unpaired) electrons. The van der Waals surface area contributed by atoms with Crippen molar-refractivity contribution in [3.63, 3.8) is 0 Å². The van der Waals surface area contributed by atoms with Gasteiger partial charge in [-0.2, -0.15) is 0 Å². The van der Waals surface area contributed by atoms with Crippen molar-refractivity contribution in [1.29, 1.82) is 0 Å². The first-order valence-electron chi connectivity index (χ1n) is 6.83. The van der Waals surface area contributed by atoms with Crippen molar-refractivity contribution >= 4 is 0 Å². The smallest absolute Gasteiger partial charge is 0.130 e. The fourth-order valence-corrected chi connectivity index (χ4v) is 2.69. The Bertz CT molecular complexity index is 440. The molecule has 0 bridgehead atoms. The molecule has 0 saturated carbocycles. The molecule has 2 rings (SSSR count). The van der Waals surface area contributed by atoms with Crippen molar-refractivity contribution < 1.29 is 8.78 Å². The van der Waals surface area contributed by atoms with Crippen LogP contribution in [0.15, 0.2) is 18.2 Å². The summed E-state index contributed by atoms with van der Waals surface area (Å²) in [5.41, 5.74) is 0.756. The third-order valence-electron chi connectivity index (χ3n) is 4.47. The van der Waals surface area contributed by atoms with Gasteiger partial charge >= 0.3 is 0 Å². The minimum atomic E-state index is -0.519. The van der Waals surface area contributed by atoms with Crippen molar-refractivity contribution in [3.8, 4) is 0 Å². The third-order valence-corrected chi connectivity index (χ3v) is 4.47. The predicted molar refractivity (Wildman–Crippen MR) is 73.0 cm³/mol. The van der Waals surface area contributed by atoms with Crippen molar-refractivity contribution in [2.45, 2.75) is 38.3 Å². The van der Waals surface area contributed by atoms with E-state index in [-0.39, 0.29) is 11.6 Å². The summed E-state index contributed by atoms with van der Waals surface area (Å²) in [5, 5.41) is 3.35. The Labute approximate surface area is 113 Å².